The van der Waals surface area contributed by atoms with E-state index in [1.54, 1.807) is 7.05 Å². The Morgan fingerprint density at radius 2 is 2.40 bits per heavy atom. The van der Waals surface area contributed by atoms with Gasteiger partial charge in [0.15, 0.2) is 29.4 Å². The van der Waals surface area contributed by atoms with Crippen LogP contribution in [0.15, 0.2) is 6.33 Å². The smallest absolute Gasteiger partial charge is 0.327 e. The van der Waals surface area contributed by atoms with Crippen LogP contribution >= 0.6 is 20.3 Å². The van der Waals surface area contributed by atoms with Crippen molar-refractivity contribution in [2.75, 3.05) is 30.6 Å². The summed E-state index contributed by atoms with van der Waals surface area (Å²) in [6, 6.07) is 0. The van der Waals surface area contributed by atoms with Crippen molar-refractivity contribution in [3.05, 3.63) is 6.33 Å². The van der Waals surface area contributed by atoms with Gasteiger partial charge in [-0.2, -0.15) is 9.97 Å². The summed E-state index contributed by atoms with van der Waals surface area (Å²) in [6.45, 7) is -0.356. The lowest BCUT2D eigenvalue weighted by molar-refractivity contribution is -0.106. The zero-order chi connectivity index (χ0) is 18.2. The van der Waals surface area contributed by atoms with Crippen LogP contribution in [0.5, 0.6) is 0 Å². The molecule has 0 spiro atoms. The number of imidazole rings is 1. The van der Waals surface area contributed by atoms with Crippen molar-refractivity contribution in [2.45, 2.75) is 24.1 Å². The Morgan fingerprint density at radius 3 is 3.04 bits per heavy atom. The van der Waals surface area contributed by atoms with Crippen molar-refractivity contribution in [2.24, 2.45) is 0 Å². The largest absolute Gasteiger partial charge is 0.387 e. The highest BCUT2D eigenvalue weighted by Crippen LogP contribution is 2.41. The van der Waals surface area contributed by atoms with Gasteiger partial charge in [-0.05, 0) is 0 Å². The number of nitrogens with zero attached hydrogens (tertiary/aromatic N) is 4. The number of nitrogens with two attached hydrogens (primary N) is 1. The fraction of sp³-hybridized carbons (Fsp3) is 0.583. The van der Waals surface area contributed by atoms with Gasteiger partial charge in [0.25, 0.3) is 0 Å². The normalized spacial score (nSPS) is 29.5. The van der Waals surface area contributed by atoms with Gasteiger partial charge in [0, 0.05) is 7.05 Å². The van der Waals surface area contributed by atoms with Gasteiger partial charge in [0.05, 0.1) is 18.8 Å². The van der Waals surface area contributed by atoms with Gasteiger partial charge in [-0.25, -0.2) is 13.9 Å². The van der Waals surface area contributed by atoms with Crippen molar-refractivity contribution in [1.82, 2.24) is 19.5 Å². The van der Waals surface area contributed by atoms with Crippen LogP contribution in [0.1, 0.15) is 6.23 Å². The second-order valence-electron chi connectivity index (χ2n) is 5.45. The van der Waals surface area contributed by atoms with Gasteiger partial charge in [-0.15, -0.1) is 11.6 Å². The maximum absolute atomic E-state index is 14.8. The Bertz CT molecular complexity index is 796. The van der Waals surface area contributed by atoms with Crippen molar-refractivity contribution >= 4 is 43.2 Å². The highest BCUT2D eigenvalue weighted by atomic mass is 35.5. The molecule has 0 aliphatic carbocycles. The molecule has 1 saturated heterocycles. The summed E-state index contributed by atoms with van der Waals surface area (Å²) in [4.78, 5) is 12.2. The van der Waals surface area contributed by atoms with Crippen LogP contribution in [-0.2, 0) is 13.8 Å². The van der Waals surface area contributed by atoms with E-state index in [0.29, 0.717) is 11.3 Å². The number of halogens is 2. The van der Waals surface area contributed by atoms with Crippen LogP contribution in [0.3, 0.4) is 0 Å². The molecule has 1 aliphatic heterocycles. The van der Waals surface area contributed by atoms with Gasteiger partial charge < -0.3 is 20.9 Å². The molecule has 1 aliphatic rings. The summed E-state index contributed by atoms with van der Waals surface area (Å²) < 4.78 is 37.0. The highest BCUT2D eigenvalue weighted by Gasteiger charge is 2.56. The molecule has 3 heterocycles. The average Bonchev–Trinajstić information content (AvgIpc) is 3.13. The zero-order valence-corrected chi connectivity index (χ0v) is 14.6. The van der Waals surface area contributed by atoms with Gasteiger partial charge in [-0.3, -0.25) is 9.09 Å². The van der Waals surface area contributed by atoms with E-state index >= 15 is 0 Å². The third-order valence-electron chi connectivity index (χ3n) is 4.01. The molecule has 3 rings (SSSR count). The number of nitrogen functional groups attached to an aromatic ring is 1. The Balaban J connectivity index is 2.03. The number of anilines is 2. The van der Waals surface area contributed by atoms with E-state index in [-0.39, 0.29) is 24.1 Å². The van der Waals surface area contributed by atoms with E-state index in [0.717, 1.165) is 0 Å². The number of aliphatic hydroxyl groups excluding tert-OH is 1. The number of aromatic nitrogens is 4. The third-order valence-corrected chi connectivity index (χ3v) is 4.69. The van der Waals surface area contributed by atoms with E-state index in [4.69, 9.17) is 26.6 Å². The molecule has 2 aromatic heterocycles. The third kappa shape index (κ3) is 2.91. The number of fused-ring (bicyclic) bond motifs is 1. The summed E-state index contributed by atoms with van der Waals surface area (Å²) in [6.07, 6.45) is -3.42. The van der Waals surface area contributed by atoms with Crippen molar-refractivity contribution in [3.8, 4) is 0 Å². The van der Waals surface area contributed by atoms with Crippen molar-refractivity contribution in [3.63, 3.8) is 0 Å². The minimum absolute atomic E-state index is 0.0374. The predicted octanol–water partition coefficient (Wildman–Crippen LogP) is 0.879. The van der Waals surface area contributed by atoms with E-state index < -0.39 is 32.8 Å². The van der Waals surface area contributed by atoms with Crippen LogP contribution < -0.4 is 11.1 Å². The number of nitrogens with one attached hydrogen (secondary N) is 1. The van der Waals surface area contributed by atoms with E-state index in [1.165, 1.54) is 10.9 Å². The van der Waals surface area contributed by atoms with Crippen molar-refractivity contribution < 1.29 is 23.3 Å². The first-order valence-electron chi connectivity index (χ1n) is 7.15. The van der Waals surface area contributed by atoms with Crippen LogP contribution in [0.2, 0.25) is 0 Å². The maximum atomic E-state index is 14.8. The topological polar surface area (TPSA) is 137 Å². The number of hydrogen-bond acceptors (Lipinski definition) is 9. The average molecular weight is 393 g/mol. The molecule has 0 aromatic carbocycles. The lowest BCUT2D eigenvalue weighted by Gasteiger charge is -2.27. The standard InChI is InChI=1S/C12H15ClFN6O4P/c1-16-8-6-9(19-11(15)18-8)20(4-17-6)10-5(14)7(21)12(2-13,24-10)3-23-25-22/h4-5,7,10,21H,2-3H2,1H3,(H3,15,16,18,19)/t5-,7-,10+,12+/m0/s1. The van der Waals surface area contributed by atoms with Crippen LogP contribution in [0, 0.1) is 0 Å². The lowest BCUT2D eigenvalue weighted by atomic mass is 9.99. The summed E-state index contributed by atoms with van der Waals surface area (Å²) in [5.74, 6) is 0.0588. The van der Waals surface area contributed by atoms with Gasteiger partial charge in [0.2, 0.25) is 5.95 Å². The predicted molar refractivity (Wildman–Crippen MR) is 87.3 cm³/mol. The molecule has 0 saturated carbocycles. The second kappa shape index (κ2) is 6.93. The molecule has 4 atom stereocenters. The Kier molecular flexibility index (Phi) is 5.03. The minimum atomic E-state index is -1.85. The lowest BCUT2D eigenvalue weighted by Crippen LogP contribution is -2.47. The first-order valence-corrected chi connectivity index (χ1v) is 8.42. The fourth-order valence-electron chi connectivity index (χ4n) is 2.73. The van der Waals surface area contributed by atoms with Crippen LogP contribution in [-0.4, -0.2) is 62.0 Å². The molecule has 25 heavy (non-hydrogen) atoms. The first kappa shape index (κ1) is 18.2. The number of alkyl halides is 2. The molecule has 1 fully saturated rings. The van der Waals surface area contributed by atoms with Crippen molar-refractivity contribution in [1.29, 1.82) is 0 Å². The second-order valence-corrected chi connectivity index (χ2v) is 6.12. The fourth-order valence-corrected chi connectivity index (χ4v) is 3.30. The van der Waals surface area contributed by atoms with E-state index in [2.05, 4.69) is 20.3 Å². The van der Waals surface area contributed by atoms with Gasteiger partial charge in [0.1, 0.15) is 11.7 Å². The molecule has 0 radical (unpaired) electrons. The molecule has 0 amide bonds. The molecule has 0 bridgehead atoms. The Hall–Kier alpha value is -1.65. The number of hydrogen-bond donors (Lipinski definition) is 3. The summed E-state index contributed by atoms with van der Waals surface area (Å²) in [7, 11) is 0.999. The molecule has 136 valence electrons. The Labute approximate surface area is 147 Å². The SMILES string of the molecule is CNc1nc(N)nc2c1ncn2[C@@H]1O[C@](CCl)(COP=O)[C@@H](O)[C@@H]1F. The van der Waals surface area contributed by atoms with Crippen LogP contribution in [0.4, 0.5) is 16.2 Å². The number of rotatable bonds is 6. The first-order chi connectivity index (χ1) is 12.0. The minimum Gasteiger partial charge on any atom is -0.387 e. The molecule has 2 aromatic rings. The van der Waals surface area contributed by atoms with Crippen LogP contribution in [0.25, 0.3) is 11.2 Å². The van der Waals surface area contributed by atoms with E-state index in [9.17, 15) is 14.1 Å². The highest BCUT2D eigenvalue weighted by molar-refractivity contribution is 7.17. The van der Waals surface area contributed by atoms with Gasteiger partial charge >= 0.3 is 8.69 Å². The van der Waals surface area contributed by atoms with Gasteiger partial charge in [-0.1, -0.05) is 0 Å². The number of ether oxygens (including phenoxy) is 1. The summed E-state index contributed by atoms with van der Waals surface area (Å²) >= 11 is 5.86. The van der Waals surface area contributed by atoms with E-state index in [1.807, 2.05) is 0 Å². The summed E-state index contributed by atoms with van der Waals surface area (Å²) in [5, 5.41) is 13.1. The molecule has 0 unspecified atom stereocenters. The monoisotopic (exact) mass is 392 g/mol. The molecule has 4 N–H and O–H groups in total. The Morgan fingerprint density at radius 1 is 1.64 bits per heavy atom. The maximum Gasteiger partial charge on any atom is 0.327 e. The number of aliphatic hydroxyl groups is 1. The zero-order valence-electron chi connectivity index (χ0n) is 13.0. The molecule has 13 heteroatoms. The molecular formula is C12H15ClFN6O4P. The summed E-state index contributed by atoms with van der Waals surface area (Å²) in [5.41, 5.74) is 4.69. The quantitative estimate of drug-likeness (QED) is 0.483. The molecular weight excluding hydrogens is 378 g/mol. The molecule has 10 nitrogen and oxygen atoms in total.